The van der Waals surface area contributed by atoms with E-state index in [9.17, 15) is 9.59 Å². The zero-order valence-corrected chi connectivity index (χ0v) is 10.0. The van der Waals surface area contributed by atoms with E-state index in [1.165, 1.54) is 13.8 Å². The number of nitriles is 1. The number of carbonyl (C=O) groups excluding carboxylic acids is 1. The van der Waals surface area contributed by atoms with Crippen LogP contribution in [-0.2, 0) is 9.59 Å². The molecule has 1 aromatic carbocycles. The number of aliphatic carboxylic acids is 1. The van der Waals surface area contributed by atoms with E-state index in [4.69, 9.17) is 10.4 Å². The van der Waals surface area contributed by atoms with Gasteiger partial charge in [0.1, 0.15) is 6.07 Å². The molecule has 5 nitrogen and oxygen atoms in total. The lowest BCUT2D eigenvalue weighted by Gasteiger charge is -2.08. The number of carboxylic acids is 1. The van der Waals surface area contributed by atoms with E-state index >= 15 is 0 Å². The van der Waals surface area contributed by atoms with Crippen LogP contribution in [0.15, 0.2) is 35.4 Å². The van der Waals surface area contributed by atoms with Crippen molar-refractivity contribution in [1.29, 1.82) is 5.26 Å². The molecule has 2 N–H and O–H groups in total. The van der Waals surface area contributed by atoms with Gasteiger partial charge >= 0.3 is 5.97 Å². The fraction of sp³-hybridized carbons (Fsp3) is 0.154. The summed E-state index contributed by atoms with van der Waals surface area (Å²) >= 11 is 0. The number of amides is 1. The number of nitrogens with zero attached hydrogens (tertiary/aromatic N) is 1. The molecule has 0 heterocycles. The van der Waals surface area contributed by atoms with Crippen molar-refractivity contribution in [2.45, 2.75) is 13.8 Å². The third-order valence-electron chi connectivity index (χ3n) is 2.52. The Kier molecular flexibility index (Phi) is 4.22. The Hall–Kier alpha value is -2.61. The molecule has 92 valence electrons. The molecule has 0 radical (unpaired) electrons. The number of benzene rings is 1. The van der Waals surface area contributed by atoms with E-state index in [2.05, 4.69) is 5.32 Å². The van der Waals surface area contributed by atoms with Crippen molar-refractivity contribution in [3.8, 4) is 6.07 Å². The van der Waals surface area contributed by atoms with Crippen LogP contribution < -0.4 is 5.32 Å². The maximum atomic E-state index is 11.8. The minimum Gasteiger partial charge on any atom is -0.478 e. The quantitative estimate of drug-likeness (QED) is 0.795. The molecule has 0 saturated carbocycles. The second-order valence-corrected chi connectivity index (χ2v) is 3.67. The van der Waals surface area contributed by atoms with Crippen LogP contribution >= 0.6 is 0 Å². The van der Waals surface area contributed by atoms with Crippen molar-refractivity contribution in [2.75, 3.05) is 5.32 Å². The number of nitrogens with one attached hydrogen (secondary N) is 1. The zero-order valence-electron chi connectivity index (χ0n) is 10.0. The molecule has 0 spiro atoms. The fourth-order valence-electron chi connectivity index (χ4n) is 1.24. The highest BCUT2D eigenvalue weighted by molar-refractivity contribution is 6.08. The summed E-state index contributed by atoms with van der Waals surface area (Å²) in [6.45, 7) is 2.78. The first-order valence-corrected chi connectivity index (χ1v) is 5.18. The highest BCUT2D eigenvalue weighted by atomic mass is 16.4. The van der Waals surface area contributed by atoms with E-state index in [1.807, 2.05) is 6.07 Å². The van der Waals surface area contributed by atoms with Gasteiger partial charge in [-0.05, 0) is 26.0 Å². The Balaban J connectivity index is 3.00. The maximum absolute atomic E-state index is 11.8. The van der Waals surface area contributed by atoms with Gasteiger partial charge in [-0.15, -0.1) is 0 Å². The van der Waals surface area contributed by atoms with E-state index in [1.54, 1.807) is 24.3 Å². The molecule has 0 aliphatic heterocycles. The number of para-hydroxylation sites is 1. The van der Waals surface area contributed by atoms with Crippen LogP contribution in [-0.4, -0.2) is 17.0 Å². The Labute approximate surface area is 104 Å². The van der Waals surface area contributed by atoms with Crippen molar-refractivity contribution in [1.82, 2.24) is 0 Å². The van der Waals surface area contributed by atoms with Crippen molar-refractivity contribution in [2.24, 2.45) is 0 Å². The molecule has 0 atom stereocenters. The van der Waals surface area contributed by atoms with Gasteiger partial charge in [0.05, 0.1) is 11.3 Å². The Morgan fingerprint density at radius 1 is 1.22 bits per heavy atom. The van der Waals surface area contributed by atoms with Crippen LogP contribution in [0.3, 0.4) is 0 Å². The minimum absolute atomic E-state index is 0.0260. The third-order valence-corrected chi connectivity index (χ3v) is 2.52. The summed E-state index contributed by atoms with van der Waals surface area (Å²) in [4.78, 5) is 22.5. The van der Waals surface area contributed by atoms with Crippen molar-refractivity contribution >= 4 is 17.6 Å². The largest absolute Gasteiger partial charge is 0.478 e. The van der Waals surface area contributed by atoms with Crippen LogP contribution in [0.25, 0.3) is 0 Å². The normalized spacial score (nSPS) is 11.2. The van der Waals surface area contributed by atoms with Crippen LogP contribution in [0.5, 0.6) is 0 Å². The first-order chi connectivity index (χ1) is 8.47. The maximum Gasteiger partial charge on any atom is 0.331 e. The van der Waals surface area contributed by atoms with Gasteiger partial charge in [0.15, 0.2) is 0 Å². The van der Waals surface area contributed by atoms with Crippen LogP contribution in [0.1, 0.15) is 19.4 Å². The van der Waals surface area contributed by atoms with E-state index < -0.39 is 11.9 Å². The molecule has 18 heavy (non-hydrogen) atoms. The Morgan fingerprint density at radius 3 is 2.39 bits per heavy atom. The molecule has 1 rings (SSSR count). The molecule has 0 bridgehead atoms. The molecular formula is C13H12N2O3. The molecule has 0 unspecified atom stereocenters. The molecule has 1 amide bonds. The first kappa shape index (κ1) is 13.5. The number of carboxylic acid groups (broad SMARTS) is 1. The second-order valence-electron chi connectivity index (χ2n) is 3.67. The van der Waals surface area contributed by atoms with Gasteiger partial charge in [0.2, 0.25) is 0 Å². The average Bonchev–Trinajstić information content (AvgIpc) is 2.37. The summed E-state index contributed by atoms with van der Waals surface area (Å²) in [5.41, 5.74) is 0.770. The van der Waals surface area contributed by atoms with Gasteiger partial charge in [-0.3, -0.25) is 4.79 Å². The Bertz CT molecular complexity index is 568. The minimum atomic E-state index is -1.14. The molecule has 5 heteroatoms. The molecule has 0 aliphatic carbocycles. The summed E-state index contributed by atoms with van der Waals surface area (Å²) < 4.78 is 0. The van der Waals surface area contributed by atoms with Gasteiger partial charge in [-0.1, -0.05) is 12.1 Å². The number of carbonyl (C=O) groups is 2. The van der Waals surface area contributed by atoms with Crippen molar-refractivity contribution < 1.29 is 14.7 Å². The van der Waals surface area contributed by atoms with Crippen LogP contribution in [0, 0.1) is 11.3 Å². The predicted molar refractivity (Wildman–Crippen MR) is 65.8 cm³/mol. The highest BCUT2D eigenvalue weighted by Crippen LogP contribution is 2.15. The van der Waals surface area contributed by atoms with Crippen LogP contribution in [0.2, 0.25) is 0 Å². The molecule has 0 aromatic heterocycles. The standard InChI is InChI=1S/C13H12N2O3/c1-8(9(2)13(17)18)12(16)15-11-6-4-3-5-10(11)7-14/h3-6H,1-2H3,(H,15,16)(H,17,18)/b9-8-. The number of anilines is 1. The lowest BCUT2D eigenvalue weighted by atomic mass is 10.1. The molecule has 1 aromatic rings. The zero-order chi connectivity index (χ0) is 13.7. The SMILES string of the molecule is C/C(C(=O)O)=C(\C)C(=O)Nc1ccccc1C#N. The average molecular weight is 244 g/mol. The lowest BCUT2D eigenvalue weighted by molar-refractivity contribution is -0.133. The monoisotopic (exact) mass is 244 g/mol. The molecule has 0 aliphatic rings. The van der Waals surface area contributed by atoms with Gasteiger partial charge in [-0.25, -0.2) is 4.79 Å². The summed E-state index contributed by atoms with van der Waals surface area (Å²) in [5.74, 6) is -1.67. The predicted octanol–water partition coefficient (Wildman–Crippen LogP) is 1.92. The van der Waals surface area contributed by atoms with Crippen molar-refractivity contribution in [3.05, 3.63) is 41.0 Å². The van der Waals surface area contributed by atoms with E-state index in [0.29, 0.717) is 11.3 Å². The number of hydrogen-bond acceptors (Lipinski definition) is 3. The first-order valence-electron chi connectivity index (χ1n) is 5.18. The van der Waals surface area contributed by atoms with Gasteiger partial charge in [0, 0.05) is 11.1 Å². The van der Waals surface area contributed by atoms with Crippen LogP contribution in [0.4, 0.5) is 5.69 Å². The highest BCUT2D eigenvalue weighted by Gasteiger charge is 2.13. The summed E-state index contributed by atoms with van der Waals surface area (Å²) in [6, 6.07) is 8.46. The smallest absolute Gasteiger partial charge is 0.331 e. The summed E-state index contributed by atoms with van der Waals surface area (Å²) in [7, 11) is 0. The number of hydrogen-bond donors (Lipinski definition) is 2. The van der Waals surface area contributed by atoms with Gasteiger partial charge in [0.25, 0.3) is 5.91 Å². The third kappa shape index (κ3) is 2.95. The van der Waals surface area contributed by atoms with Gasteiger partial charge < -0.3 is 10.4 Å². The molecular weight excluding hydrogens is 232 g/mol. The van der Waals surface area contributed by atoms with E-state index in [-0.39, 0.29) is 11.1 Å². The topological polar surface area (TPSA) is 90.2 Å². The van der Waals surface area contributed by atoms with Crippen molar-refractivity contribution in [3.63, 3.8) is 0 Å². The number of rotatable bonds is 3. The van der Waals surface area contributed by atoms with Gasteiger partial charge in [-0.2, -0.15) is 5.26 Å². The summed E-state index contributed by atoms with van der Waals surface area (Å²) in [5, 5.41) is 20.2. The Morgan fingerprint density at radius 2 is 1.83 bits per heavy atom. The molecule has 0 saturated heterocycles. The lowest BCUT2D eigenvalue weighted by Crippen LogP contribution is -2.16. The van der Waals surface area contributed by atoms with E-state index in [0.717, 1.165) is 0 Å². The second kappa shape index (κ2) is 5.64. The molecule has 0 fully saturated rings. The summed E-state index contributed by atoms with van der Waals surface area (Å²) in [6.07, 6.45) is 0. The fourth-order valence-corrected chi connectivity index (χ4v) is 1.24.